The van der Waals surface area contributed by atoms with Gasteiger partial charge < -0.3 is 57.5 Å². The van der Waals surface area contributed by atoms with Crippen LogP contribution in [0.2, 0.25) is 0 Å². The van der Waals surface area contributed by atoms with Crippen LogP contribution in [0.5, 0.6) is 0 Å². The minimum atomic E-state index is 0. The normalized spacial score (nSPS) is 12.0. The fourth-order valence-electron chi connectivity index (χ4n) is 6.59. The second-order valence-electron chi connectivity index (χ2n) is 12.6. The van der Waals surface area contributed by atoms with Gasteiger partial charge in [0.2, 0.25) is 0 Å². The SMILES string of the molecule is N=C1N=C([NH-])c2ccccc21.[Co+3].[NH-]CCN.c1ccc2c(c1)-c1nc-2nc2[n-]c(nc3nc(nc4[n-]c(n1)c1ccccc41)-c1ccccc1-3)c1ccccc21. The van der Waals surface area contributed by atoms with E-state index in [2.05, 4.69) is 4.99 Å². The summed E-state index contributed by atoms with van der Waals surface area (Å²) in [5, 5.41) is 10.9. The molecule has 14 heteroatoms. The number of nitrogens with zero attached hydrogens (tertiary/aromatic N) is 9. The summed E-state index contributed by atoms with van der Waals surface area (Å²) in [7, 11) is 0. The zero-order valence-corrected chi connectivity index (χ0v) is 30.4. The molecule has 3 aromatic heterocycles. The maximum Gasteiger partial charge on any atom is 3.00 e. The van der Waals surface area contributed by atoms with Gasteiger partial charge in [-0.05, 0) is 33.7 Å². The van der Waals surface area contributed by atoms with E-state index in [1.807, 2.05) is 121 Å². The van der Waals surface area contributed by atoms with Crippen molar-refractivity contribution in [2.24, 2.45) is 10.7 Å². The number of hydrogen-bond acceptors (Lipinski definition) is 8. The Morgan fingerprint density at radius 3 is 1.05 bits per heavy atom. The maximum absolute atomic E-state index is 7.35. The summed E-state index contributed by atoms with van der Waals surface area (Å²) in [4.78, 5) is 43.0. The third kappa shape index (κ3) is 6.37. The van der Waals surface area contributed by atoms with E-state index in [0.29, 0.717) is 59.0 Å². The van der Waals surface area contributed by atoms with Gasteiger partial charge in [-0.25, -0.2) is 9.97 Å². The van der Waals surface area contributed by atoms with Crippen LogP contribution in [0.25, 0.3) is 101 Å². The Kier molecular flexibility index (Phi) is 9.68. The minimum absolute atomic E-state index is 0. The Hall–Kier alpha value is -6.97. The molecule has 0 saturated carbocycles. The third-order valence-electron chi connectivity index (χ3n) is 9.14. The second-order valence-corrected chi connectivity index (χ2v) is 12.6. The number of aliphatic imine (C=N–C) groups is 1. The Morgan fingerprint density at radius 1 is 0.464 bits per heavy atom. The Morgan fingerprint density at radius 2 is 0.750 bits per heavy atom. The zero-order chi connectivity index (χ0) is 37.5. The van der Waals surface area contributed by atoms with Gasteiger partial charge in [0.05, 0.1) is 23.3 Å². The summed E-state index contributed by atoms with van der Waals surface area (Å²) >= 11 is 0. The molecule has 13 nitrogen and oxygen atoms in total. The fourth-order valence-corrected chi connectivity index (χ4v) is 6.59. The zero-order valence-electron chi connectivity index (χ0n) is 29.4. The molecule has 8 aromatic rings. The number of rotatable bonds is 1. The number of amidine groups is 2. The number of nitrogens with one attached hydrogen (secondary N) is 3. The van der Waals surface area contributed by atoms with Gasteiger partial charge in [0.1, 0.15) is 0 Å². The molecule has 0 atom stereocenters. The molecule has 56 heavy (non-hydrogen) atoms. The summed E-state index contributed by atoms with van der Waals surface area (Å²) in [5.74, 6) is 2.61. The smallest absolute Gasteiger partial charge is 0.676 e. The Balaban J connectivity index is 0.000000233. The first-order valence-corrected chi connectivity index (χ1v) is 17.4. The number of nitrogens with two attached hydrogens (primary N) is 1. The van der Waals surface area contributed by atoms with Crippen molar-refractivity contribution in [1.29, 1.82) is 5.41 Å². The molecular weight excluding hydrogens is 745 g/mol. The molecule has 0 aliphatic carbocycles. The molecule has 6 heterocycles. The predicted molar refractivity (Wildman–Crippen MR) is 216 cm³/mol. The molecule has 0 unspecified atom stereocenters. The second kappa shape index (κ2) is 15.0. The molecule has 3 aliphatic rings. The molecule has 8 bridgehead atoms. The molecule has 0 fully saturated rings. The quantitative estimate of drug-likeness (QED) is 0.165. The summed E-state index contributed by atoms with van der Waals surface area (Å²) in [6, 6.07) is 39.1. The van der Waals surface area contributed by atoms with E-state index in [1.165, 1.54) is 0 Å². The van der Waals surface area contributed by atoms with Crippen molar-refractivity contribution >= 4 is 55.8 Å². The third-order valence-corrected chi connectivity index (χ3v) is 9.14. The summed E-state index contributed by atoms with van der Waals surface area (Å²) in [6.07, 6.45) is 0. The van der Waals surface area contributed by atoms with Crippen LogP contribution in [0, 0.1) is 5.41 Å². The molecule has 5 aromatic carbocycles. The standard InChI is InChI=1S/C32H16N8.C8H6N3.C2H7N2.Co/c1-2-10-18-17(9-1)25-33-26(18)38-28-21-13-5-6-14-22(21)30(35-28)40-32-24-16-8-7-15-23(24)31(36-32)39-29-20-12-4-3-11-19(20)27(34-29)37-25;9-7-5-3-1-2-4-6(5)8(10)11-7;3-1-2-4;/h1-16H;1-4H,(H2-,9,10,11);3H,1-2,4H2;/q-2;2*-1;+3. The van der Waals surface area contributed by atoms with Gasteiger partial charge in [0.15, 0.2) is 0 Å². The van der Waals surface area contributed by atoms with Crippen molar-refractivity contribution in [2.75, 3.05) is 13.1 Å². The minimum Gasteiger partial charge on any atom is -0.676 e. The van der Waals surface area contributed by atoms with E-state index < -0.39 is 0 Å². The van der Waals surface area contributed by atoms with Crippen LogP contribution in [0.3, 0.4) is 0 Å². The Bertz CT molecular complexity index is 2700. The van der Waals surface area contributed by atoms with Crippen molar-refractivity contribution in [3.8, 4) is 45.6 Å². The van der Waals surface area contributed by atoms with Crippen LogP contribution >= 0.6 is 0 Å². The summed E-state index contributed by atoms with van der Waals surface area (Å²) < 4.78 is 0. The van der Waals surface area contributed by atoms with Gasteiger partial charge in [-0.2, -0.15) is 0 Å². The summed E-state index contributed by atoms with van der Waals surface area (Å²) in [5.41, 5.74) is 25.8. The summed E-state index contributed by atoms with van der Waals surface area (Å²) in [6.45, 7) is 0.833. The molecular formula is C42H29CoN13-. The molecule has 3 aliphatic heterocycles. The van der Waals surface area contributed by atoms with Crippen LogP contribution in [-0.4, -0.2) is 54.7 Å². The van der Waals surface area contributed by atoms with Gasteiger partial charge in [-0.1, -0.05) is 127 Å². The first-order valence-electron chi connectivity index (χ1n) is 17.4. The number of fused-ring (bicyclic) bond motifs is 21. The van der Waals surface area contributed by atoms with Crippen molar-refractivity contribution in [3.05, 3.63) is 144 Å². The van der Waals surface area contributed by atoms with Crippen molar-refractivity contribution in [3.63, 3.8) is 0 Å². The van der Waals surface area contributed by atoms with Crippen molar-refractivity contribution < 1.29 is 16.8 Å². The predicted octanol–water partition coefficient (Wildman–Crippen LogP) is 7.95. The molecule has 11 rings (SSSR count). The van der Waals surface area contributed by atoms with Crippen LogP contribution < -0.4 is 15.7 Å². The van der Waals surface area contributed by atoms with Crippen LogP contribution in [0.1, 0.15) is 11.1 Å². The largest absolute Gasteiger partial charge is 3.00 e. The van der Waals surface area contributed by atoms with Crippen LogP contribution in [0.15, 0.2) is 126 Å². The van der Waals surface area contributed by atoms with Crippen molar-refractivity contribution in [1.82, 2.24) is 39.9 Å². The van der Waals surface area contributed by atoms with Gasteiger partial charge >= 0.3 is 16.8 Å². The van der Waals surface area contributed by atoms with E-state index in [1.54, 1.807) is 0 Å². The average Bonchev–Trinajstić information content (AvgIpc) is 4.02. The van der Waals surface area contributed by atoms with E-state index in [0.717, 1.165) is 54.9 Å². The fraction of sp³-hybridized carbons (Fsp3) is 0.0476. The number of aromatic nitrogens is 8. The van der Waals surface area contributed by atoms with Gasteiger partial charge in [0, 0.05) is 56.2 Å². The van der Waals surface area contributed by atoms with E-state index in [9.17, 15) is 0 Å². The van der Waals surface area contributed by atoms with Gasteiger partial charge in [-0.3, -0.25) is 0 Å². The van der Waals surface area contributed by atoms with Gasteiger partial charge in [0.25, 0.3) is 0 Å². The number of hydrogen-bond donors (Lipinski definition) is 2. The number of benzene rings is 5. The van der Waals surface area contributed by atoms with Crippen LogP contribution in [0.4, 0.5) is 0 Å². The average molecular weight is 775 g/mol. The molecule has 0 spiro atoms. The van der Waals surface area contributed by atoms with E-state index in [-0.39, 0.29) is 28.5 Å². The monoisotopic (exact) mass is 774 g/mol. The molecule has 0 saturated heterocycles. The molecule has 0 radical (unpaired) electrons. The van der Waals surface area contributed by atoms with E-state index in [4.69, 9.17) is 62.5 Å². The Labute approximate surface area is 330 Å². The first kappa shape index (κ1) is 36.0. The topological polar surface area (TPSA) is 215 Å². The molecule has 272 valence electrons. The van der Waals surface area contributed by atoms with E-state index >= 15 is 0 Å². The first-order chi connectivity index (χ1) is 27.0. The van der Waals surface area contributed by atoms with Crippen molar-refractivity contribution in [2.45, 2.75) is 0 Å². The molecule has 5 N–H and O–H groups in total. The van der Waals surface area contributed by atoms with Gasteiger partial charge in [-0.15, -0.1) is 6.54 Å². The maximum atomic E-state index is 7.35. The van der Waals surface area contributed by atoms with Crippen LogP contribution in [-0.2, 0) is 16.8 Å². The molecule has 0 amide bonds.